The molecule has 1 aromatic carbocycles. The highest BCUT2D eigenvalue weighted by Gasteiger charge is 2.18. The van der Waals surface area contributed by atoms with Crippen molar-refractivity contribution in [2.24, 2.45) is 10.9 Å². The van der Waals surface area contributed by atoms with Crippen molar-refractivity contribution in [2.45, 2.75) is 25.8 Å². The van der Waals surface area contributed by atoms with Gasteiger partial charge in [0, 0.05) is 25.7 Å². The Morgan fingerprint density at radius 3 is 2.80 bits per heavy atom. The number of nitrogens with zero attached hydrogens (tertiary/aromatic N) is 2. The Labute approximate surface area is 151 Å². The average molecular weight is 348 g/mol. The second kappa shape index (κ2) is 9.51. The minimum absolute atomic E-state index is 0.0466. The second-order valence-electron chi connectivity index (χ2n) is 6.70. The minimum Gasteiger partial charge on any atom is -0.497 e. The van der Waals surface area contributed by atoms with E-state index in [4.69, 9.17) is 9.47 Å². The summed E-state index contributed by atoms with van der Waals surface area (Å²) in [4.78, 5) is 6.76. The molecule has 0 saturated carbocycles. The first-order chi connectivity index (χ1) is 12.1. The molecule has 1 fully saturated rings. The maximum absolute atomic E-state index is 5.49. The zero-order chi connectivity index (χ0) is 18.2. The van der Waals surface area contributed by atoms with E-state index in [1.807, 2.05) is 18.2 Å². The molecule has 1 aliphatic heterocycles. The number of methoxy groups -OCH3 is 2. The lowest BCUT2D eigenvalue weighted by Gasteiger charge is -2.30. The third-order valence-corrected chi connectivity index (χ3v) is 4.76. The fourth-order valence-electron chi connectivity index (χ4n) is 3.34. The van der Waals surface area contributed by atoms with Crippen LogP contribution in [0.3, 0.4) is 0 Å². The van der Waals surface area contributed by atoms with Gasteiger partial charge in [0.15, 0.2) is 5.96 Å². The van der Waals surface area contributed by atoms with Crippen LogP contribution >= 0.6 is 0 Å². The smallest absolute Gasteiger partial charge is 0.191 e. The van der Waals surface area contributed by atoms with Crippen molar-refractivity contribution in [1.82, 2.24) is 15.5 Å². The van der Waals surface area contributed by atoms with Crippen LogP contribution in [0.4, 0.5) is 0 Å². The van der Waals surface area contributed by atoms with Gasteiger partial charge < -0.3 is 25.0 Å². The van der Waals surface area contributed by atoms with E-state index in [9.17, 15) is 0 Å². The number of benzene rings is 1. The van der Waals surface area contributed by atoms with Crippen LogP contribution in [0.15, 0.2) is 23.2 Å². The van der Waals surface area contributed by atoms with Crippen molar-refractivity contribution in [3.05, 3.63) is 23.8 Å². The quantitative estimate of drug-likeness (QED) is 0.610. The Kier molecular flexibility index (Phi) is 7.37. The number of guanidine groups is 1. The predicted octanol–water partition coefficient (Wildman–Crippen LogP) is 2.27. The van der Waals surface area contributed by atoms with Gasteiger partial charge in [0.2, 0.25) is 0 Å². The second-order valence-corrected chi connectivity index (χ2v) is 6.70. The van der Waals surface area contributed by atoms with Crippen LogP contribution in [0.25, 0.3) is 0 Å². The van der Waals surface area contributed by atoms with E-state index in [2.05, 4.69) is 34.5 Å². The third-order valence-electron chi connectivity index (χ3n) is 4.76. The van der Waals surface area contributed by atoms with Crippen LogP contribution in [0, 0.1) is 5.92 Å². The van der Waals surface area contributed by atoms with E-state index >= 15 is 0 Å². The Balaban J connectivity index is 1.96. The molecule has 2 rings (SSSR count). The zero-order valence-electron chi connectivity index (χ0n) is 16.1. The van der Waals surface area contributed by atoms with Crippen LogP contribution in [0.5, 0.6) is 11.5 Å². The van der Waals surface area contributed by atoms with Gasteiger partial charge in [0.05, 0.1) is 20.3 Å². The first-order valence-corrected chi connectivity index (χ1v) is 8.95. The molecule has 2 N–H and O–H groups in total. The largest absolute Gasteiger partial charge is 0.497 e. The summed E-state index contributed by atoms with van der Waals surface area (Å²) in [6.45, 7) is 5.38. The van der Waals surface area contributed by atoms with Gasteiger partial charge in [-0.2, -0.15) is 0 Å². The maximum Gasteiger partial charge on any atom is 0.191 e. The van der Waals surface area contributed by atoms with Gasteiger partial charge in [-0.25, -0.2) is 0 Å². The van der Waals surface area contributed by atoms with Gasteiger partial charge >= 0.3 is 0 Å². The number of hydrogen-bond donors (Lipinski definition) is 2. The molecule has 0 bridgehead atoms. The van der Waals surface area contributed by atoms with Crippen molar-refractivity contribution in [1.29, 1.82) is 0 Å². The lowest BCUT2D eigenvalue weighted by Crippen LogP contribution is -2.44. The zero-order valence-corrected chi connectivity index (χ0v) is 16.1. The van der Waals surface area contributed by atoms with Gasteiger partial charge in [-0.1, -0.05) is 0 Å². The molecule has 2 atom stereocenters. The number of aliphatic imine (C=N–C) groups is 1. The lowest BCUT2D eigenvalue weighted by atomic mass is 9.98. The Bertz CT molecular complexity index is 577. The van der Waals surface area contributed by atoms with Gasteiger partial charge in [-0.15, -0.1) is 0 Å². The Morgan fingerprint density at radius 2 is 2.16 bits per heavy atom. The molecule has 0 amide bonds. The van der Waals surface area contributed by atoms with Gasteiger partial charge in [-0.3, -0.25) is 4.99 Å². The fraction of sp³-hybridized carbons (Fsp3) is 0.632. The summed E-state index contributed by atoms with van der Waals surface area (Å²) in [5, 5.41) is 6.92. The first-order valence-electron chi connectivity index (χ1n) is 8.95. The molecule has 6 nitrogen and oxygen atoms in total. The minimum atomic E-state index is 0.0466. The van der Waals surface area contributed by atoms with E-state index in [-0.39, 0.29) is 6.04 Å². The van der Waals surface area contributed by atoms with Gasteiger partial charge in [0.1, 0.15) is 11.5 Å². The SMILES string of the molecule is CN=C(NCC1CCCN(C)C1)NC(C)c1cc(OC)ccc1OC. The predicted molar refractivity (Wildman–Crippen MR) is 103 cm³/mol. The average Bonchev–Trinajstić information content (AvgIpc) is 2.64. The number of rotatable bonds is 6. The molecule has 1 aromatic rings. The highest BCUT2D eigenvalue weighted by Crippen LogP contribution is 2.29. The molecule has 6 heteroatoms. The first kappa shape index (κ1) is 19.4. The van der Waals surface area contributed by atoms with Crippen molar-refractivity contribution < 1.29 is 9.47 Å². The highest BCUT2D eigenvalue weighted by molar-refractivity contribution is 5.80. The summed E-state index contributed by atoms with van der Waals surface area (Å²) >= 11 is 0. The molecule has 0 aromatic heterocycles. The summed E-state index contributed by atoms with van der Waals surface area (Å²) in [7, 11) is 7.35. The summed E-state index contributed by atoms with van der Waals surface area (Å²) in [6.07, 6.45) is 2.54. The molecule has 25 heavy (non-hydrogen) atoms. The standard InChI is InChI=1S/C19H32N4O2/c1-14(17-11-16(24-4)8-9-18(17)25-5)22-19(20-2)21-12-15-7-6-10-23(3)13-15/h8-9,11,14-15H,6-7,10,12-13H2,1-5H3,(H2,20,21,22). The monoisotopic (exact) mass is 348 g/mol. The van der Waals surface area contributed by atoms with Crippen LogP contribution < -0.4 is 20.1 Å². The molecule has 0 aliphatic carbocycles. The normalized spacial score (nSPS) is 20.0. The molecule has 1 heterocycles. The van der Waals surface area contributed by atoms with E-state index in [0.717, 1.165) is 36.1 Å². The topological polar surface area (TPSA) is 58.1 Å². The summed E-state index contributed by atoms with van der Waals surface area (Å²) in [5.41, 5.74) is 1.04. The van der Waals surface area contributed by atoms with Crippen molar-refractivity contribution in [2.75, 3.05) is 47.9 Å². The molecule has 0 spiro atoms. The maximum atomic E-state index is 5.49. The van der Waals surface area contributed by atoms with E-state index in [1.54, 1.807) is 21.3 Å². The van der Waals surface area contributed by atoms with Crippen LogP contribution in [-0.2, 0) is 0 Å². The van der Waals surface area contributed by atoms with Crippen LogP contribution in [-0.4, -0.2) is 58.8 Å². The van der Waals surface area contributed by atoms with Crippen LogP contribution in [0.1, 0.15) is 31.4 Å². The van der Waals surface area contributed by atoms with Crippen molar-refractivity contribution >= 4 is 5.96 Å². The molecule has 0 radical (unpaired) electrons. The third kappa shape index (κ3) is 5.53. The lowest BCUT2D eigenvalue weighted by molar-refractivity contribution is 0.210. The number of nitrogens with one attached hydrogen (secondary N) is 2. The van der Waals surface area contributed by atoms with Crippen molar-refractivity contribution in [3.63, 3.8) is 0 Å². The molecular formula is C19H32N4O2. The molecule has 2 unspecified atom stereocenters. The van der Waals surface area contributed by atoms with Crippen LogP contribution in [0.2, 0.25) is 0 Å². The number of likely N-dealkylation sites (tertiary alicyclic amines) is 1. The summed E-state index contributed by atoms with van der Waals surface area (Å²) in [6, 6.07) is 5.88. The van der Waals surface area contributed by atoms with Gasteiger partial charge in [0.25, 0.3) is 0 Å². The summed E-state index contributed by atoms with van der Waals surface area (Å²) < 4.78 is 10.8. The van der Waals surface area contributed by atoms with E-state index in [0.29, 0.717) is 5.92 Å². The molecule has 1 aliphatic rings. The van der Waals surface area contributed by atoms with E-state index in [1.165, 1.54) is 19.4 Å². The molecule has 140 valence electrons. The van der Waals surface area contributed by atoms with E-state index < -0.39 is 0 Å². The van der Waals surface area contributed by atoms with Crippen molar-refractivity contribution in [3.8, 4) is 11.5 Å². The Morgan fingerprint density at radius 1 is 1.36 bits per heavy atom. The number of piperidine rings is 1. The number of ether oxygens (including phenoxy) is 2. The Hall–Kier alpha value is -1.95. The molecule has 1 saturated heterocycles. The molecular weight excluding hydrogens is 316 g/mol. The number of hydrogen-bond acceptors (Lipinski definition) is 4. The summed E-state index contributed by atoms with van der Waals surface area (Å²) in [5.74, 6) is 3.13. The highest BCUT2D eigenvalue weighted by atomic mass is 16.5. The van der Waals surface area contributed by atoms with Gasteiger partial charge in [-0.05, 0) is 57.5 Å². The fourth-order valence-corrected chi connectivity index (χ4v) is 3.34.